The van der Waals surface area contributed by atoms with E-state index < -0.39 is 0 Å². The standard InChI is InChI=1S/C12H23N5O/c1-9(2)18-7-5-4-6-14-11-10(3)8-15-12(16-11)17-13/h8-9H,4-7,13H2,1-3H3,(H2,14,15,16,17). The molecule has 0 unspecified atom stereocenters. The summed E-state index contributed by atoms with van der Waals surface area (Å²) in [5.41, 5.74) is 3.44. The van der Waals surface area contributed by atoms with Crippen LogP contribution in [0.1, 0.15) is 32.3 Å². The fourth-order valence-corrected chi connectivity index (χ4v) is 1.44. The van der Waals surface area contributed by atoms with Crippen molar-refractivity contribution in [3.8, 4) is 0 Å². The van der Waals surface area contributed by atoms with E-state index in [1.165, 1.54) is 0 Å². The lowest BCUT2D eigenvalue weighted by molar-refractivity contribution is 0.0765. The molecule has 18 heavy (non-hydrogen) atoms. The Bertz CT molecular complexity index is 356. The van der Waals surface area contributed by atoms with Crippen LogP contribution in [-0.2, 0) is 4.74 Å². The Kier molecular flexibility index (Phi) is 6.38. The zero-order chi connectivity index (χ0) is 13.4. The second-order valence-electron chi connectivity index (χ2n) is 4.42. The number of nitrogens with two attached hydrogens (primary N) is 1. The normalized spacial score (nSPS) is 10.7. The molecule has 0 aromatic carbocycles. The molecule has 0 aliphatic carbocycles. The third-order valence-corrected chi connectivity index (χ3v) is 2.42. The molecule has 6 nitrogen and oxygen atoms in total. The van der Waals surface area contributed by atoms with Gasteiger partial charge in [0.25, 0.3) is 0 Å². The Morgan fingerprint density at radius 3 is 2.83 bits per heavy atom. The van der Waals surface area contributed by atoms with Crippen LogP contribution in [0.3, 0.4) is 0 Å². The largest absolute Gasteiger partial charge is 0.379 e. The average molecular weight is 253 g/mol. The Morgan fingerprint density at radius 2 is 2.17 bits per heavy atom. The Balaban J connectivity index is 2.26. The van der Waals surface area contributed by atoms with Crippen LogP contribution in [-0.4, -0.2) is 29.2 Å². The lowest BCUT2D eigenvalue weighted by Crippen LogP contribution is -2.13. The first-order chi connectivity index (χ1) is 8.63. The number of nitrogens with zero attached hydrogens (tertiary/aromatic N) is 2. The van der Waals surface area contributed by atoms with Crippen LogP contribution in [0.2, 0.25) is 0 Å². The quantitative estimate of drug-likeness (QED) is 0.371. The molecule has 0 fully saturated rings. The van der Waals surface area contributed by atoms with Gasteiger partial charge < -0.3 is 10.1 Å². The molecule has 1 heterocycles. The summed E-state index contributed by atoms with van der Waals surface area (Å²) in [7, 11) is 0. The van der Waals surface area contributed by atoms with Crippen LogP contribution < -0.4 is 16.6 Å². The number of aromatic nitrogens is 2. The van der Waals surface area contributed by atoms with Crippen molar-refractivity contribution >= 4 is 11.8 Å². The van der Waals surface area contributed by atoms with Gasteiger partial charge in [-0.25, -0.2) is 10.8 Å². The predicted octanol–water partition coefficient (Wildman–Crippen LogP) is 1.69. The van der Waals surface area contributed by atoms with Crippen LogP contribution in [0.15, 0.2) is 6.20 Å². The number of nitrogens with one attached hydrogen (secondary N) is 2. The number of anilines is 2. The molecule has 0 aliphatic rings. The molecular weight excluding hydrogens is 230 g/mol. The third kappa shape index (κ3) is 5.29. The van der Waals surface area contributed by atoms with Gasteiger partial charge in [-0.3, -0.25) is 5.43 Å². The van der Waals surface area contributed by atoms with E-state index >= 15 is 0 Å². The van der Waals surface area contributed by atoms with Gasteiger partial charge in [-0.15, -0.1) is 0 Å². The lowest BCUT2D eigenvalue weighted by atomic mass is 10.3. The van der Waals surface area contributed by atoms with Crippen LogP contribution in [0, 0.1) is 6.92 Å². The highest BCUT2D eigenvalue weighted by Gasteiger charge is 2.02. The highest BCUT2D eigenvalue weighted by Crippen LogP contribution is 2.11. The van der Waals surface area contributed by atoms with E-state index in [0.717, 1.165) is 37.4 Å². The maximum absolute atomic E-state index is 5.47. The zero-order valence-corrected chi connectivity index (χ0v) is 11.4. The van der Waals surface area contributed by atoms with Gasteiger partial charge in [0.2, 0.25) is 5.95 Å². The van der Waals surface area contributed by atoms with E-state index in [4.69, 9.17) is 10.6 Å². The lowest BCUT2D eigenvalue weighted by Gasteiger charge is -2.10. The van der Waals surface area contributed by atoms with Crippen LogP contribution in [0.5, 0.6) is 0 Å². The minimum Gasteiger partial charge on any atom is -0.379 e. The Labute approximate surface area is 108 Å². The summed E-state index contributed by atoms with van der Waals surface area (Å²) < 4.78 is 5.47. The first-order valence-corrected chi connectivity index (χ1v) is 6.29. The molecule has 4 N–H and O–H groups in total. The molecule has 0 atom stereocenters. The van der Waals surface area contributed by atoms with E-state index in [1.54, 1.807) is 6.20 Å². The minimum absolute atomic E-state index is 0.306. The average Bonchev–Trinajstić information content (AvgIpc) is 2.35. The van der Waals surface area contributed by atoms with Gasteiger partial charge in [-0.2, -0.15) is 4.98 Å². The number of nitrogen functional groups attached to an aromatic ring is 1. The van der Waals surface area contributed by atoms with Crippen molar-refractivity contribution in [2.24, 2.45) is 5.84 Å². The number of rotatable bonds is 8. The summed E-state index contributed by atoms with van der Waals surface area (Å²) in [6, 6.07) is 0. The fourth-order valence-electron chi connectivity index (χ4n) is 1.44. The summed E-state index contributed by atoms with van der Waals surface area (Å²) >= 11 is 0. The van der Waals surface area contributed by atoms with Gasteiger partial charge in [0.1, 0.15) is 5.82 Å². The molecule has 1 rings (SSSR count). The fraction of sp³-hybridized carbons (Fsp3) is 0.667. The molecular formula is C12H23N5O. The van der Waals surface area contributed by atoms with Gasteiger partial charge in [0, 0.05) is 24.9 Å². The van der Waals surface area contributed by atoms with Crippen molar-refractivity contribution in [3.05, 3.63) is 11.8 Å². The van der Waals surface area contributed by atoms with E-state index in [1.807, 2.05) is 20.8 Å². The van der Waals surface area contributed by atoms with Crippen LogP contribution in [0.25, 0.3) is 0 Å². The van der Waals surface area contributed by atoms with Gasteiger partial charge in [-0.1, -0.05) is 0 Å². The maximum atomic E-state index is 5.47. The summed E-state index contributed by atoms with van der Waals surface area (Å²) in [6.07, 6.45) is 4.13. The Hall–Kier alpha value is -1.40. The first-order valence-electron chi connectivity index (χ1n) is 6.29. The molecule has 0 saturated heterocycles. The Morgan fingerprint density at radius 1 is 1.39 bits per heavy atom. The molecule has 1 aromatic rings. The molecule has 0 aliphatic heterocycles. The van der Waals surface area contributed by atoms with E-state index in [-0.39, 0.29) is 0 Å². The van der Waals surface area contributed by atoms with Gasteiger partial charge in [-0.05, 0) is 33.6 Å². The molecule has 0 bridgehead atoms. The monoisotopic (exact) mass is 253 g/mol. The SMILES string of the molecule is Cc1cnc(NN)nc1NCCCCOC(C)C. The third-order valence-electron chi connectivity index (χ3n) is 2.42. The topological polar surface area (TPSA) is 85.1 Å². The molecule has 0 amide bonds. The number of unbranched alkanes of at least 4 members (excludes halogenated alkanes) is 1. The van der Waals surface area contributed by atoms with Crippen molar-refractivity contribution in [2.45, 2.75) is 39.7 Å². The molecule has 0 spiro atoms. The molecule has 0 radical (unpaired) electrons. The van der Waals surface area contributed by atoms with Gasteiger partial charge in [0.15, 0.2) is 0 Å². The molecule has 0 saturated carbocycles. The van der Waals surface area contributed by atoms with Crippen molar-refractivity contribution in [3.63, 3.8) is 0 Å². The summed E-state index contributed by atoms with van der Waals surface area (Å²) in [4.78, 5) is 8.27. The zero-order valence-electron chi connectivity index (χ0n) is 11.4. The van der Waals surface area contributed by atoms with Crippen LogP contribution in [0.4, 0.5) is 11.8 Å². The second kappa shape index (κ2) is 7.84. The minimum atomic E-state index is 0.306. The predicted molar refractivity (Wildman–Crippen MR) is 73.4 cm³/mol. The highest BCUT2D eigenvalue weighted by atomic mass is 16.5. The highest BCUT2D eigenvalue weighted by molar-refractivity contribution is 5.45. The van der Waals surface area contributed by atoms with E-state index in [0.29, 0.717) is 12.1 Å². The van der Waals surface area contributed by atoms with E-state index in [9.17, 15) is 0 Å². The molecule has 102 valence electrons. The number of hydrogen-bond acceptors (Lipinski definition) is 6. The van der Waals surface area contributed by atoms with E-state index in [2.05, 4.69) is 20.7 Å². The van der Waals surface area contributed by atoms with Crippen molar-refractivity contribution in [2.75, 3.05) is 23.9 Å². The summed E-state index contributed by atoms with van der Waals surface area (Å²) in [6.45, 7) is 7.72. The summed E-state index contributed by atoms with van der Waals surface area (Å²) in [5.74, 6) is 6.52. The summed E-state index contributed by atoms with van der Waals surface area (Å²) in [5, 5.41) is 3.27. The first kappa shape index (κ1) is 14.7. The maximum Gasteiger partial charge on any atom is 0.239 e. The smallest absolute Gasteiger partial charge is 0.239 e. The number of hydrogen-bond donors (Lipinski definition) is 3. The number of aryl methyl sites for hydroxylation is 1. The molecule has 6 heteroatoms. The van der Waals surface area contributed by atoms with Gasteiger partial charge >= 0.3 is 0 Å². The van der Waals surface area contributed by atoms with Crippen molar-refractivity contribution in [1.82, 2.24) is 9.97 Å². The van der Waals surface area contributed by atoms with Crippen molar-refractivity contribution in [1.29, 1.82) is 0 Å². The second-order valence-corrected chi connectivity index (χ2v) is 4.42. The number of hydrazine groups is 1. The van der Waals surface area contributed by atoms with Gasteiger partial charge in [0.05, 0.1) is 6.10 Å². The number of ether oxygens (including phenoxy) is 1. The van der Waals surface area contributed by atoms with Crippen molar-refractivity contribution < 1.29 is 4.74 Å². The molecule has 1 aromatic heterocycles. The van der Waals surface area contributed by atoms with Crippen LogP contribution >= 0.6 is 0 Å².